The number of halogens is 4. The molecule has 0 radical (unpaired) electrons. The van der Waals surface area contributed by atoms with Gasteiger partial charge in [0.25, 0.3) is 0 Å². The van der Waals surface area contributed by atoms with Crippen molar-refractivity contribution < 1.29 is 17.6 Å². The van der Waals surface area contributed by atoms with Crippen molar-refractivity contribution in [1.29, 1.82) is 0 Å². The molecule has 0 atom stereocenters. The molecular formula is C20H17F4N7. The molecule has 1 aromatic carbocycles. The lowest BCUT2D eigenvalue weighted by Crippen LogP contribution is -2.33. The van der Waals surface area contributed by atoms with Crippen LogP contribution in [0.2, 0.25) is 0 Å². The molecule has 1 saturated heterocycles. The molecule has 31 heavy (non-hydrogen) atoms. The average Bonchev–Trinajstić information content (AvgIpc) is 3.43. The van der Waals surface area contributed by atoms with Gasteiger partial charge in [-0.15, -0.1) is 0 Å². The number of alkyl halides is 3. The molecule has 0 bridgehead atoms. The topological polar surface area (TPSA) is 86.4 Å². The lowest BCUT2D eigenvalue weighted by Gasteiger charge is -2.32. The fraction of sp³-hybridized carbons (Fsp3) is 0.300. The summed E-state index contributed by atoms with van der Waals surface area (Å²) in [7, 11) is 0. The van der Waals surface area contributed by atoms with Crippen molar-refractivity contribution >= 4 is 16.9 Å². The second-order valence-electron chi connectivity index (χ2n) is 7.47. The SMILES string of the molecule is Fc1ccc(C(F)(F)F)cc1-c1cnc(C2CCN(c3ncnc4[nH]ncc34)CC2)[nH]1. The first-order valence-corrected chi connectivity index (χ1v) is 9.71. The zero-order chi connectivity index (χ0) is 21.6. The van der Waals surface area contributed by atoms with E-state index in [1.165, 1.54) is 12.5 Å². The lowest BCUT2D eigenvalue weighted by molar-refractivity contribution is -0.137. The van der Waals surface area contributed by atoms with Gasteiger partial charge in [-0.25, -0.2) is 19.3 Å². The Bertz CT molecular complexity index is 1220. The van der Waals surface area contributed by atoms with E-state index in [-0.39, 0.29) is 17.2 Å². The van der Waals surface area contributed by atoms with Crippen LogP contribution < -0.4 is 4.90 Å². The van der Waals surface area contributed by atoms with Crippen LogP contribution in [0.1, 0.15) is 30.1 Å². The monoisotopic (exact) mass is 431 g/mol. The predicted molar refractivity (Wildman–Crippen MR) is 105 cm³/mol. The van der Waals surface area contributed by atoms with Crippen molar-refractivity contribution in [3.05, 3.63) is 54.1 Å². The van der Waals surface area contributed by atoms with Gasteiger partial charge in [0, 0.05) is 24.6 Å². The van der Waals surface area contributed by atoms with Crippen LogP contribution in [0.3, 0.4) is 0 Å². The van der Waals surface area contributed by atoms with Gasteiger partial charge >= 0.3 is 6.18 Å². The summed E-state index contributed by atoms with van der Waals surface area (Å²) in [5.41, 5.74) is -0.138. The number of hydrogen-bond donors (Lipinski definition) is 2. The fourth-order valence-corrected chi connectivity index (χ4v) is 3.96. The van der Waals surface area contributed by atoms with Crippen molar-refractivity contribution in [3.8, 4) is 11.3 Å². The van der Waals surface area contributed by atoms with Crippen molar-refractivity contribution in [1.82, 2.24) is 30.1 Å². The Morgan fingerprint density at radius 2 is 1.84 bits per heavy atom. The standard InChI is InChI=1S/C20H17F4N7/c21-15-2-1-12(20(22,23)24)7-13(15)16-9-25-17(29-16)11-3-5-31(6-4-11)19-14-8-28-30-18(14)26-10-27-19/h1-2,7-11H,3-6H2,(H,25,29)(H,26,27,28,30). The maximum absolute atomic E-state index is 14.2. The minimum absolute atomic E-state index is 0.0838. The first-order valence-electron chi connectivity index (χ1n) is 9.71. The number of imidazole rings is 1. The third kappa shape index (κ3) is 3.60. The molecule has 0 spiro atoms. The van der Waals surface area contributed by atoms with Gasteiger partial charge in [-0.2, -0.15) is 18.3 Å². The molecule has 1 aliphatic rings. The van der Waals surface area contributed by atoms with Crippen LogP contribution in [-0.2, 0) is 6.18 Å². The van der Waals surface area contributed by atoms with Crippen LogP contribution >= 0.6 is 0 Å². The van der Waals surface area contributed by atoms with Gasteiger partial charge in [-0.05, 0) is 31.0 Å². The quantitative estimate of drug-likeness (QED) is 0.473. The highest BCUT2D eigenvalue weighted by molar-refractivity contribution is 5.86. The summed E-state index contributed by atoms with van der Waals surface area (Å²) >= 11 is 0. The Morgan fingerprint density at radius 1 is 1.03 bits per heavy atom. The Morgan fingerprint density at radius 3 is 2.61 bits per heavy atom. The number of benzene rings is 1. The average molecular weight is 431 g/mol. The van der Waals surface area contributed by atoms with Crippen LogP contribution in [0, 0.1) is 5.82 Å². The highest BCUT2D eigenvalue weighted by atomic mass is 19.4. The van der Waals surface area contributed by atoms with E-state index in [0.717, 1.165) is 55.3 Å². The maximum atomic E-state index is 14.2. The Labute approximate surface area is 173 Å². The van der Waals surface area contributed by atoms with Crippen molar-refractivity contribution in [2.24, 2.45) is 0 Å². The third-order valence-electron chi connectivity index (χ3n) is 5.59. The normalized spacial score (nSPS) is 15.7. The summed E-state index contributed by atoms with van der Waals surface area (Å²) in [5.74, 6) is 0.803. The van der Waals surface area contributed by atoms with E-state index in [9.17, 15) is 17.6 Å². The second-order valence-corrected chi connectivity index (χ2v) is 7.47. The fourth-order valence-electron chi connectivity index (χ4n) is 3.96. The molecule has 4 aromatic rings. The first-order chi connectivity index (χ1) is 14.9. The second kappa shape index (κ2) is 7.33. The molecule has 2 N–H and O–H groups in total. The van der Waals surface area contributed by atoms with E-state index < -0.39 is 17.6 Å². The molecule has 0 amide bonds. The van der Waals surface area contributed by atoms with E-state index in [1.54, 1.807) is 6.20 Å². The minimum Gasteiger partial charge on any atom is -0.356 e. The maximum Gasteiger partial charge on any atom is 0.416 e. The van der Waals surface area contributed by atoms with Gasteiger partial charge in [0.05, 0.1) is 29.0 Å². The molecule has 3 aromatic heterocycles. The molecule has 0 saturated carbocycles. The number of nitrogens with one attached hydrogen (secondary N) is 2. The van der Waals surface area contributed by atoms with Gasteiger partial charge < -0.3 is 9.88 Å². The highest BCUT2D eigenvalue weighted by Gasteiger charge is 2.32. The van der Waals surface area contributed by atoms with Crippen LogP contribution in [0.4, 0.5) is 23.4 Å². The van der Waals surface area contributed by atoms with Crippen LogP contribution in [0.15, 0.2) is 36.9 Å². The number of rotatable bonds is 3. The number of piperidine rings is 1. The lowest BCUT2D eigenvalue weighted by atomic mass is 9.96. The number of H-pyrrole nitrogens is 2. The largest absolute Gasteiger partial charge is 0.416 e. The van der Waals surface area contributed by atoms with Crippen LogP contribution in [0.5, 0.6) is 0 Å². The van der Waals surface area contributed by atoms with Crippen LogP contribution in [-0.4, -0.2) is 43.2 Å². The number of aromatic nitrogens is 6. The zero-order valence-corrected chi connectivity index (χ0v) is 16.1. The molecule has 1 aliphatic heterocycles. The molecule has 11 heteroatoms. The molecule has 0 aliphatic carbocycles. The van der Waals surface area contributed by atoms with Gasteiger partial charge in [-0.3, -0.25) is 5.10 Å². The molecule has 7 nitrogen and oxygen atoms in total. The van der Waals surface area contributed by atoms with Gasteiger partial charge in [0.2, 0.25) is 0 Å². The first kappa shape index (κ1) is 19.5. The molecule has 1 fully saturated rings. The predicted octanol–water partition coefficient (Wildman–Crippen LogP) is 4.28. The molecule has 5 rings (SSSR count). The Balaban J connectivity index is 1.33. The molecular weight excluding hydrogens is 414 g/mol. The van der Waals surface area contributed by atoms with E-state index >= 15 is 0 Å². The smallest absolute Gasteiger partial charge is 0.356 e. The van der Waals surface area contributed by atoms with E-state index in [4.69, 9.17) is 0 Å². The highest BCUT2D eigenvalue weighted by Crippen LogP contribution is 2.35. The number of aromatic amines is 2. The molecule has 4 heterocycles. The summed E-state index contributed by atoms with van der Waals surface area (Å²) < 4.78 is 53.2. The molecule has 0 unspecified atom stereocenters. The number of hydrogen-bond acceptors (Lipinski definition) is 5. The summed E-state index contributed by atoms with van der Waals surface area (Å²) in [6.07, 6.45) is 1.56. The summed E-state index contributed by atoms with van der Waals surface area (Å²) in [6.45, 7) is 1.44. The minimum atomic E-state index is -4.54. The van der Waals surface area contributed by atoms with Crippen molar-refractivity contribution in [2.45, 2.75) is 24.9 Å². The number of anilines is 1. The Kier molecular flexibility index (Phi) is 4.60. The van der Waals surface area contributed by atoms with Crippen LogP contribution in [0.25, 0.3) is 22.3 Å². The summed E-state index contributed by atoms with van der Waals surface area (Å²) in [4.78, 5) is 18.0. The zero-order valence-electron chi connectivity index (χ0n) is 16.1. The van der Waals surface area contributed by atoms with Gasteiger partial charge in [0.15, 0.2) is 5.65 Å². The summed E-state index contributed by atoms with van der Waals surface area (Å²) in [5, 5.41) is 7.68. The van der Waals surface area contributed by atoms with Crippen molar-refractivity contribution in [2.75, 3.05) is 18.0 Å². The van der Waals surface area contributed by atoms with E-state index in [2.05, 4.69) is 35.0 Å². The van der Waals surface area contributed by atoms with E-state index in [0.29, 0.717) is 11.5 Å². The Hall–Kier alpha value is -3.50. The summed E-state index contributed by atoms with van der Waals surface area (Å²) in [6, 6.07) is 2.37. The third-order valence-corrected chi connectivity index (χ3v) is 5.59. The van der Waals surface area contributed by atoms with Gasteiger partial charge in [0.1, 0.15) is 23.8 Å². The van der Waals surface area contributed by atoms with E-state index in [1.807, 2.05) is 0 Å². The number of nitrogens with zero attached hydrogens (tertiary/aromatic N) is 5. The number of fused-ring (bicyclic) bond motifs is 1. The van der Waals surface area contributed by atoms with Crippen molar-refractivity contribution in [3.63, 3.8) is 0 Å². The van der Waals surface area contributed by atoms with Gasteiger partial charge in [-0.1, -0.05) is 0 Å². The molecule has 160 valence electrons.